The highest BCUT2D eigenvalue weighted by Crippen LogP contribution is 2.35. The molecule has 3 N–H and O–H groups in total. The van der Waals surface area contributed by atoms with Crippen LogP contribution in [0.4, 0.5) is 4.39 Å². The number of aromatic amines is 1. The Kier molecular flexibility index (Phi) is 3.92. The minimum Gasteiger partial charge on any atom is -0.497 e. The van der Waals surface area contributed by atoms with Crippen molar-refractivity contribution in [1.82, 2.24) is 10.2 Å². The molecule has 1 heterocycles. The second-order valence-electron chi connectivity index (χ2n) is 5.64. The summed E-state index contributed by atoms with van der Waals surface area (Å²) in [5.41, 5.74) is 7.60. The number of rotatable bonds is 3. The first-order valence-electron chi connectivity index (χ1n) is 7.32. The molecule has 1 aromatic carbocycles. The summed E-state index contributed by atoms with van der Waals surface area (Å²) in [6.45, 7) is 0. The molecule has 0 spiro atoms. The number of ether oxygens (including phenoxy) is 1. The predicted octanol–water partition coefficient (Wildman–Crippen LogP) is 3.21. The molecule has 1 saturated carbocycles. The molecule has 1 aliphatic rings. The summed E-state index contributed by atoms with van der Waals surface area (Å²) in [5, 5.41) is 7.06. The molecule has 3 rings (SSSR count). The Labute approximate surface area is 123 Å². The number of methoxy groups -OCH3 is 1. The van der Waals surface area contributed by atoms with Gasteiger partial charge in [0.25, 0.3) is 0 Å². The highest BCUT2D eigenvalue weighted by Gasteiger charge is 2.26. The van der Waals surface area contributed by atoms with Crippen molar-refractivity contribution < 1.29 is 9.13 Å². The summed E-state index contributed by atoms with van der Waals surface area (Å²) in [6.07, 6.45) is 3.71. The highest BCUT2D eigenvalue weighted by atomic mass is 19.1. The number of halogens is 1. The van der Waals surface area contributed by atoms with Gasteiger partial charge in [-0.1, -0.05) is 12.1 Å². The van der Waals surface area contributed by atoms with Gasteiger partial charge in [0.2, 0.25) is 0 Å². The molecule has 2 aromatic rings. The van der Waals surface area contributed by atoms with E-state index >= 15 is 0 Å². The number of nitrogens with zero attached hydrogens (tertiary/aromatic N) is 1. The molecule has 0 aliphatic heterocycles. The Morgan fingerprint density at radius 1 is 1.29 bits per heavy atom. The number of aromatic nitrogens is 2. The van der Waals surface area contributed by atoms with E-state index < -0.39 is 0 Å². The van der Waals surface area contributed by atoms with E-state index in [0.29, 0.717) is 17.1 Å². The number of nitrogens with two attached hydrogens (primary N) is 1. The first-order valence-corrected chi connectivity index (χ1v) is 7.32. The lowest BCUT2D eigenvalue weighted by molar-refractivity contribution is 0.382. The Morgan fingerprint density at radius 2 is 2.05 bits per heavy atom. The van der Waals surface area contributed by atoms with Crippen LogP contribution in [0.3, 0.4) is 0 Å². The van der Waals surface area contributed by atoms with Crippen LogP contribution < -0.4 is 10.5 Å². The van der Waals surface area contributed by atoms with Crippen molar-refractivity contribution in [2.24, 2.45) is 5.73 Å². The molecular formula is C16H20FN3O. The van der Waals surface area contributed by atoms with Crippen LogP contribution in [0.2, 0.25) is 0 Å². The van der Waals surface area contributed by atoms with Crippen molar-refractivity contribution in [3.63, 3.8) is 0 Å². The van der Waals surface area contributed by atoms with Gasteiger partial charge in [0, 0.05) is 17.5 Å². The van der Waals surface area contributed by atoms with Crippen molar-refractivity contribution >= 4 is 0 Å². The number of benzene rings is 1. The fourth-order valence-electron chi connectivity index (χ4n) is 2.98. The average molecular weight is 289 g/mol. The standard InChI is InChI=1S/C16H20FN3O/c1-21-13-4-2-3-11(9-13)16-14(17)15(19-20-16)10-5-7-12(18)8-6-10/h2-4,9-10,12H,5-8,18H2,1H3,(H,19,20). The van der Waals surface area contributed by atoms with E-state index in [1.807, 2.05) is 18.2 Å². The lowest BCUT2D eigenvalue weighted by atomic mass is 9.84. The largest absolute Gasteiger partial charge is 0.497 e. The van der Waals surface area contributed by atoms with Gasteiger partial charge in [0.05, 0.1) is 12.8 Å². The molecule has 1 fully saturated rings. The zero-order valence-electron chi connectivity index (χ0n) is 12.1. The lowest BCUT2D eigenvalue weighted by Crippen LogP contribution is -2.26. The average Bonchev–Trinajstić information content (AvgIpc) is 2.90. The molecule has 0 amide bonds. The smallest absolute Gasteiger partial charge is 0.172 e. The molecule has 0 unspecified atom stereocenters. The minimum atomic E-state index is -0.247. The highest BCUT2D eigenvalue weighted by molar-refractivity contribution is 5.62. The normalized spacial score (nSPS) is 22.2. The van der Waals surface area contributed by atoms with Gasteiger partial charge in [0.15, 0.2) is 5.82 Å². The van der Waals surface area contributed by atoms with Gasteiger partial charge in [-0.25, -0.2) is 4.39 Å². The van der Waals surface area contributed by atoms with Crippen molar-refractivity contribution in [2.75, 3.05) is 7.11 Å². The fourth-order valence-corrected chi connectivity index (χ4v) is 2.98. The van der Waals surface area contributed by atoms with E-state index in [-0.39, 0.29) is 17.8 Å². The van der Waals surface area contributed by atoms with Gasteiger partial charge in [0.1, 0.15) is 11.4 Å². The molecule has 0 saturated heterocycles. The third kappa shape index (κ3) is 2.78. The van der Waals surface area contributed by atoms with Gasteiger partial charge >= 0.3 is 0 Å². The zero-order chi connectivity index (χ0) is 14.8. The molecular weight excluding hydrogens is 269 g/mol. The van der Waals surface area contributed by atoms with E-state index in [2.05, 4.69) is 10.2 Å². The molecule has 112 valence electrons. The maximum Gasteiger partial charge on any atom is 0.172 e. The molecule has 4 nitrogen and oxygen atoms in total. The van der Waals surface area contributed by atoms with Crippen molar-refractivity contribution in [3.8, 4) is 17.0 Å². The van der Waals surface area contributed by atoms with E-state index in [1.54, 1.807) is 13.2 Å². The predicted molar refractivity (Wildman–Crippen MR) is 79.7 cm³/mol. The molecule has 0 atom stereocenters. The first-order chi connectivity index (χ1) is 10.2. The molecule has 1 aromatic heterocycles. The third-order valence-electron chi connectivity index (χ3n) is 4.26. The van der Waals surface area contributed by atoms with E-state index in [0.717, 1.165) is 31.2 Å². The van der Waals surface area contributed by atoms with Crippen molar-refractivity contribution in [2.45, 2.75) is 37.6 Å². The Bertz CT molecular complexity index is 618. The van der Waals surface area contributed by atoms with Crippen LogP contribution in [0.5, 0.6) is 5.75 Å². The summed E-state index contributed by atoms with van der Waals surface area (Å²) >= 11 is 0. The van der Waals surface area contributed by atoms with Crippen LogP contribution in [0.25, 0.3) is 11.3 Å². The van der Waals surface area contributed by atoms with Gasteiger partial charge in [-0.2, -0.15) is 5.10 Å². The van der Waals surface area contributed by atoms with Gasteiger partial charge in [-0.15, -0.1) is 0 Å². The SMILES string of the molecule is COc1cccc(-c2n[nH]c(C3CCC(N)CC3)c2F)c1. The van der Waals surface area contributed by atoms with E-state index in [1.165, 1.54) is 0 Å². The molecule has 1 aliphatic carbocycles. The Balaban J connectivity index is 1.88. The van der Waals surface area contributed by atoms with Crippen LogP contribution in [0.15, 0.2) is 24.3 Å². The summed E-state index contributed by atoms with van der Waals surface area (Å²) < 4.78 is 19.8. The van der Waals surface area contributed by atoms with Crippen LogP contribution in [0.1, 0.15) is 37.3 Å². The minimum absolute atomic E-state index is 0.191. The maximum atomic E-state index is 14.7. The number of H-pyrrole nitrogens is 1. The van der Waals surface area contributed by atoms with Gasteiger partial charge in [-0.05, 0) is 37.8 Å². The van der Waals surface area contributed by atoms with Crippen LogP contribution >= 0.6 is 0 Å². The summed E-state index contributed by atoms with van der Waals surface area (Å²) in [5.74, 6) is 0.639. The monoisotopic (exact) mass is 289 g/mol. The number of hydrogen-bond donors (Lipinski definition) is 2. The summed E-state index contributed by atoms with van der Waals surface area (Å²) in [7, 11) is 1.59. The van der Waals surface area contributed by atoms with Crippen LogP contribution in [-0.2, 0) is 0 Å². The van der Waals surface area contributed by atoms with E-state index in [4.69, 9.17) is 10.5 Å². The van der Waals surface area contributed by atoms with Crippen LogP contribution in [0, 0.1) is 5.82 Å². The summed E-state index contributed by atoms with van der Waals surface area (Å²) in [4.78, 5) is 0. The van der Waals surface area contributed by atoms with E-state index in [9.17, 15) is 4.39 Å². The molecule has 21 heavy (non-hydrogen) atoms. The summed E-state index contributed by atoms with van der Waals surface area (Å²) in [6, 6.07) is 7.55. The quantitative estimate of drug-likeness (QED) is 0.912. The van der Waals surface area contributed by atoms with Crippen molar-refractivity contribution in [1.29, 1.82) is 0 Å². The van der Waals surface area contributed by atoms with Crippen molar-refractivity contribution in [3.05, 3.63) is 35.8 Å². The van der Waals surface area contributed by atoms with Crippen LogP contribution in [-0.4, -0.2) is 23.3 Å². The molecule has 5 heteroatoms. The Morgan fingerprint density at radius 3 is 2.76 bits per heavy atom. The van der Waals surface area contributed by atoms with Gasteiger partial charge in [-0.3, -0.25) is 5.10 Å². The zero-order valence-corrected chi connectivity index (χ0v) is 12.1. The molecule has 0 bridgehead atoms. The van der Waals surface area contributed by atoms with Gasteiger partial charge < -0.3 is 10.5 Å². The fraction of sp³-hybridized carbons (Fsp3) is 0.438. The molecule has 0 radical (unpaired) electrons. The third-order valence-corrected chi connectivity index (χ3v) is 4.26. The second-order valence-corrected chi connectivity index (χ2v) is 5.64. The second kappa shape index (κ2) is 5.85. The lowest BCUT2D eigenvalue weighted by Gasteiger charge is -2.24. The maximum absolute atomic E-state index is 14.7. The topological polar surface area (TPSA) is 63.9 Å². The number of hydrogen-bond acceptors (Lipinski definition) is 3. The number of nitrogens with one attached hydrogen (secondary N) is 1. The first kappa shape index (κ1) is 14.1. The Hall–Kier alpha value is -1.88.